The lowest BCUT2D eigenvalue weighted by atomic mass is 9.71. The van der Waals surface area contributed by atoms with E-state index in [1.54, 1.807) is 0 Å². The van der Waals surface area contributed by atoms with Gasteiger partial charge in [-0.2, -0.15) is 0 Å². The molecule has 0 unspecified atom stereocenters. The molecule has 2 heterocycles. The summed E-state index contributed by atoms with van der Waals surface area (Å²) in [4.78, 5) is 13.4. The van der Waals surface area contributed by atoms with Crippen LogP contribution in [0.4, 0.5) is 0 Å². The van der Waals surface area contributed by atoms with Crippen LogP contribution in [0, 0.1) is 5.41 Å². The molecule has 2 aromatic rings. The van der Waals surface area contributed by atoms with E-state index in [2.05, 4.69) is 122 Å². The first-order valence-corrected chi connectivity index (χ1v) is 21.3. The number of hydrogen-bond donors (Lipinski definition) is 0. The van der Waals surface area contributed by atoms with Crippen LogP contribution in [0.5, 0.6) is 0 Å². The van der Waals surface area contributed by atoms with Gasteiger partial charge in [0.05, 0.1) is 23.4 Å². The third-order valence-electron chi connectivity index (χ3n) is 10.4. The van der Waals surface area contributed by atoms with Gasteiger partial charge in [0, 0.05) is 25.9 Å². The standard InChI is InChI=1S/C38H56O5Si2/c1-29(43-44(10,11)35(2,3)4)19-18-25-38-37(8,9)34(39)28-31(42-38)27-30(41-38)24-26-40-45(36(5,6)7,32-20-14-12-15-21-32)33-22-16-13-17-23-33/h12-23,30-31H,1,24-28H2,2-11H3/b19-18-/t30-,31+,38+/m0/s1. The van der Waals surface area contributed by atoms with Crippen LogP contribution < -0.4 is 10.4 Å². The molecule has 2 aliphatic rings. The molecule has 0 aliphatic carbocycles. The molecule has 0 saturated carbocycles. The number of fused-ring (bicyclic) bond motifs is 2. The van der Waals surface area contributed by atoms with Crippen molar-refractivity contribution in [2.24, 2.45) is 5.41 Å². The van der Waals surface area contributed by atoms with Crippen LogP contribution in [0.3, 0.4) is 0 Å². The zero-order valence-corrected chi connectivity index (χ0v) is 31.4. The molecule has 0 aromatic heterocycles. The summed E-state index contributed by atoms with van der Waals surface area (Å²) < 4.78 is 27.0. The maximum atomic E-state index is 13.4. The lowest BCUT2D eigenvalue weighted by Crippen LogP contribution is -2.67. The van der Waals surface area contributed by atoms with Crippen molar-refractivity contribution in [2.75, 3.05) is 6.61 Å². The molecular weight excluding hydrogens is 593 g/mol. The van der Waals surface area contributed by atoms with Gasteiger partial charge in [-0.1, -0.05) is 115 Å². The lowest BCUT2D eigenvalue weighted by Gasteiger charge is -2.55. The molecule has 2 aliphatic heterocycles. The van der Waals surface area contributed by atoms with Gasteiger partial charge in [-0.3, -0.25) is 4.79 Å². The average molecular weight is 649 g/mol. The fraction of sp³-hybridized carbons (Fsp3) is 0.553. The number of Topliss-reactive ketones (excluding diaryl/α,β-unsaturated/α-hetero) is 1. The Hall–Kier alpha value is -2.30. The minimum Gasteiger partial charge on any atom is -0.544 e. The van der Waals surface area contributed by atoms with Gasteiger partial charge in [0.2, 0.25) is 8.32 Å². The number of rotatable bonds is 11. The van der Waals surface area contributed by atoms with Crippen LogP contribution >= 0.6 is 0 Å². The van der Waals surface area contributed by atoms with Crippen molar-refractivity contribution in [1.82, 2.24) is 0 Å². The Balaban J connectivity index is 1.55. The quantitative estimate of drug-likeness (QED) is 0.139. The maximum absolute atomic E-state index is 13.4. The van der Waals surface area contributed by atoms with E-state index in [1.807, 2.05) is 26.0 Å². The molecule has 2 fully saturated rings. The SMILES string of the molecule is C=C(/C=C\C[C@]12O[C@@H](CCO[Si](c3ccccc3)(c3ccccc3)C(C)(C)C)C[C@H](CC(=O)C1(C)C)O2)O[Si](C)(C)C(C)(C)C. The van der Waals surface area contributed by atoms with E-state index >= 15 is 0 Å². The highest BCUT2D eigenvalue weighted by molar-refractivity contribution is 6.99. The van der Waals surface area contributed by atoms with Crippen LogP contribution in [0.25, 0.3) is 0 Å². The van der Waals surface area contributed by atoms with Crippen molar-refractivity contribution >= 4 is 32.8 Å². The van der Waals surface area contributed by atoms with Crippen molar-refractivity contribution in [3.8, 4) is 0 Å². The van der Waals surface area contributed by atoms with Gasteiger partial charge in [0.1, 0.15) is 5.78 Å². The Bertz CT molecular complexity index is 1310. The lowest BCUT2D eigenvalue weighted by molar-refractivity contribution is -0.363. The molecule has 4 rings (SSSR count). The Morgan fingerprint density at radius 1 is 0.933 bits per heavy atom. The van der Waals surface area contributed by atoms with E-state index in [0.29, 0.717) is 31.6 Å². The van der Waals surface area contributed by atoms with Gasteiger partial charge >= 0.3 is 0 Å². The highest BCUT2D eigenvalue weighted by Gasteiger charge is 2.60. The zero-order chi connectivity index (χ0) is 33.3. The van der Waals surface area contributed by atoms with Crippen LogP contribution in [0.1, 0.15) is 81.1 Å². The molecule has 5 nitrogen and oxygen atoms in total. The second kappa shape index (κ2) is 13.1. The minimum atomic E-state index is -2.66. The van der Waals surface area contributed by atoms with Gasteiger partial charge in [0.15, 0.2) is 5.79 Å². The van der Waals surface area contributed by atoms with Gasteiger partial charge in [-0.25, -0.2) is 0 Å². The highest BCUT2D eigenvalue weighted by Crippen LogP contribution is 2.50. The summed E-state index contributed by atoms with van der Waals surface area (Å²) in [5, 5.41) is 2.51. The number of carbonyl (C=O) groups is 1. The van der Waals surface area contributed by atoms with Gasteiger partial charge in [-0.15, -0.1) is 0 Å². The van der Waals surface area contributed by atoms with Crippen molar-refractivity contribution in [3.63, 3.8) is 0 Å². The Kier molecular flexibility index (Phi) is 10.3. The Morgan fingerprint density at radius 2 is 1.49 bits per heavy atom. The van der Waals surface area contributed by atoms with Crippen LogP contribution in [0.2, 0.25) is 23.2 Å². The van der Waals surface area contributed by atoms with Crippen LogP contribution in [-0.4, -0.2) is 47.0 Å². The summed E-state index contributed by atoms with van der Waals surface area (Å²) in [5.41, 5.74) is -0.799. The highest BCUT2D eigenvalue weighted by atomic mass is 28.4. The molecule has 3 atom stereocenters. The average Bonchev–Trinajstić information content (AvgIpc) is 2.94. The summed E-state index contributed by atoms with van der Waals surface area (Å²) in [7, 11) is -4.67. The van der Waals surface area contributed by atoms with Crippen molar-refractivity contribution in [1.29, 1.82) is 0 Å². The van der Waals surface area contributed by atoms with E-state index in [9.17, 15) is 4.79 Å². The fourth-order valence-corrected chi connectivity index (χ4v) is 12.2. The first-order valence-electron chi connectivity index (χ1n) is 16.5. The van der Waals surface area contributed by atoms with Crippen molar-refractivity contribution in [2.45, 2.75) is 122 Å². The van der Waals surface area contributed by atoms with E-state index < -0.39 is 27.8 Å². The number of benzene rings is 2. The van der Waals surface area contributed by atoms with Crippen LogP contribution in [0.15, 0.2) is 85.2 Å². The van der Waals surface area contributed by atoms with E-state index in [0.717, 1.165) is 6.42 Å². The molecular formula is C38H56O5Si2. The molecule has 2 saturated heterocycles. The molecule has 0 N–H and O–H groups in total. The first-order chi connectivity index (χ1) is 20.8. The van der Waals surface area contributed by atoms with Gasteiger partial charge < -0.3 is 18.3 Å². The molecule has 7 heteroatoms. The van der Waals surface area contributed by atoms with Crippen molar-refractivity contribution < 1.29 is 23.1 Å². The van der Waals surface area contributed by atoms with Crippen molar-refractivity contribution in [3.05, 3.63) is 85.2 Å². The van der Waals surface area contributed by atoms with E-state index in [-0.39, 0.29) is 28.1 Å². The number of hydrogen-bond acceptors (Lipinski definition) is 5. The third kappa shape index (κ3) is 7.18. The van der Waals surface area contributed by atoms with Gasteiger partial charge in [0.25, 0.3) is 8.32 Å². The summed E-state index contributed by atoms with van der Waals surface area (Å²) in [6.45, 7) is 26.6. The maximum Gasteiger partial charge on any atom is 0.261 e. The molecule has 0 radical (unpaired) electrons. The largest absolute Gasteiger partial charge is 0.544 e. The number of carbonyl (C=O) groups excluding carboxylic acids is 1. The summed E-state index contributed by atoms with van der Waals surface area (Å²) in [6, 6.07) is 21.5. The topological polar surface area (TPSA) is 54.0 Å². The molecule has 246 valence electrons. The molecule has 2 bridgehead atoms. The number of allylic oxidation sites excluding steroid dienone is 1. The first kappa shape index (κ1) is 35.6. The summed E-state index contributed by atoms with van der Waals surface area (Å²) in [5.74, 6) is -0.229. The predicted octanol–water partition coefficient (Wildman–Crippen LogP) is 8.30. The van der Waals surface area contributed by atoms with E-state index in [4.69, 9.17) is 18.3 Å². The number of ether oxygens (including phenoxy) is 2. The molecule has 0 spiro atoms. The molecule has 45 heavy (non-hydrogen) atoms. The minimum absolute atomic E-state index is 0.0762. The fourth-order valence-electron chi connectivity index (χ4n) is 6.54. The second-order valence-electron chi connectivity index (χ2n) is 16.0. The van der Waals surface area contributed by atoms with E-state index in [1.165, 1.54) is 10.4 Å². The molecule has 2 aromatic carbocycles. The Morgan fingerprint density at radius 3 is 2.00 bits per heavy atom. The Labute approximate surface area is 274 Å². The predicted molar refractivity (Wildman–Crippen MR) is 190 cm³/mol. The summed E-state index contributed by atoms with van der Waals surface area (Å²) in [6.07, 6.45) is 5.92. The second-order valence-corrected chi connectivity index (χ2v) is 25.0. The van der Waals surface area contributed by atoms with Crippen LogP contribution in [-0.2, 0) is 23.1 Å². The smallest absolute Gasteiger partial charge is 0.261 e. The number of ketones is 1. The third-order valence-corrected chi connectivity index (χ3v) is 19.8. The summed E-state index contributed by atoms with van der Waals surface area (Å²) >= 11 is 0. The zero-order valence-electron chi connectivity index (χ0n) is 29.4. The molecule has 0 amide bonds. The monoisotopic (exact) mass is 648 g/mol. The normalized spacial score (nSPS) is 24.1. The van der Waals surface area contributed by atoms with Gasteiger partial charge in [-0.05, 0) is 59.9 Å².